The number of methoxy groups -OCH3 is 2. The third-order valence-corrected chi connectivity index (χ3v) is 5.27. The monoisotopic (exact) mass is 383 g/mol. The minimum Gasteiger partial charge on any atom is -0.497 e. The molecule has 1 saturated heterocycles. The summed E-state index contributed by atoms with van der Waals surface area (Å²) in [4.78, 5) is 15.2. The molecule has 2 aliphatic heterocycles. The van der Waals surface area contributed by atoms with E-state index in [1.807, 2.05) is 23.1 Å². The number of amides is 1. The van der Waals surface area contributed by atoms with Gasteiger partial charge in [0.15, 0.2) is 11.5 Å². The zero-order valence-electron chi connectivity index (χ0n) is 16.3. The molecule has 0 radical (unpaired) electrons. The first-order valence-corrected chi connectivity index (χ1v) is 9.63. The van der Waals surface area contributed by atoms with Gasteiger partial charge in [0.25, 0.3) is 5.91 Å². The molecule has 1 atom stereocenters. The van der Waals surface area contributed by atoms with Crippen molar-refractivity contribution in [2.24, 2.45) is 0 Å². The summed E-state index contributed by atoms with van der Waals surface area (Å²) in [5.74, 6) is 2.72. The van der Waals surface area contributed by atoms with E-state index in [-0.39, 0.29) is 11.9 Å². The van der Waals surface area contributed by atoms with E-state index in [9.17, 15) is 4.79 Å². The van der Waals surface area contributed by atoms with Gasteiger partial charge in [-0.15, -0.1) is 0 Å². The fraction of sp³-hybridized carbons (Fsp3) is 0.409. The maximum Gasteiger partial charge on any atom is 0.254 e. The maximum absolute atomic E-state index is 13.3. The van der Waals surface area contributed by atoms with Gasteiger partial charge in [-0.1, -0.05) is 6.07 Å². The Morgan fingerprint density at radius 1 is 0.964 bits per heavy atom. The van der Waals surface area contributed by atoms with E-state index in [0.29, 0.717) is 30.3 Å². The van der Waals surface area contributed by atoms with Crippen molar-refractivity contribution >= 4 is 5.91 Å². The molecule has 1 amide bonds. The van der Waals surface area contributed by atoms with E-state index in [2.05, 4.69) is 0 Å². The number of hydrogen-bond acceptors (Lipinski definition) is 5. The molecular weight excluding hydrogens is 358 g/mol. The molecule has 28 heavy (non-hydrogen) atoms. The second-order valence-corrected chi connectivity index (χ2v) is 7.01. The highest BCUT2D eigenvalue weighted by molar-refractivity contribution is 5.95. The van der Waals surface area contributed by atoms with Crippen molar-refractivity contribution in [2.45, 2.75) is 25.3 Å². The highest BCUT2D eigenvalue weighted by Crippen LogP contribution is 2.39. The summed E-state index contributed by atoms with van der Waals surface area (Å²) in [6.45, 7) is 2.03. The van der Waals surface area contributed by atoms with Gasteiger partial charge in [0, 0.05) is 24.6 Å². The Morgan fingerprint density at radius 2 is 1.68 bits per heavy atom. The fourth-order valence-electron chi connectivity index (χ4n) is 3.84. The number of hydrogen-bond donors (Lipinski definition) is 0. The average Bonchev–Trinajstić information content (AvgIpc) is 3.11. The highest BCUT2D eigenvalue weighted by Gasteiger charge is 2.31. The summed E-state index contributed by atoms with van der Waals surface area (Å²) in [5, 5.41) is 0. The van der Waals surface area contributed by atoms with Crippen LogP contribution in [0.15, 0.2) is 36.4 Å². The number of nitrogens with zero attached hydrogens (tertiary/aromatic N) is 1. The molecule has 6 heteroatoms. The van der Waals surface area contributed by atoms with Crippen LogP contribution in [-0.4, -0.2) is 44.8 Å². The van der Waals surface area contributed by atoms with E-state index >= 15 is 0 Å². The van der Waals surface area contributed by atoms with Gasteiger partial charge in [-0.25, -0.2) is 0 Å². The van der Waals surface area contributed by atoms with E-state index in [0.717, 1.165) is 42.9 Å². The number of benzene rings is 2. The Labute approximate surface area is 165 Å². The standard InChI is InChI=1S/C22H25NO5/c1-25-17-11-16(12-18(14-17)26-2)22(24)23-8-3-5-19(23)15-6-7-20-21(13-15)28-10-4-9-27-20/h6-7,11-14,19H,3-5,8-10H2,1-2H3/t19-/m0/s1. The lowest BCUT2D eigenvalue weighted by Crippen LogP contribution is -2.30. The molecule has 2 aliphatic rings. The van der Waals surface area contributed by atoms with E-state index in [4.69, 9.17) is 18.9 Å². The molecule has 2 aromatic carbocycles. The molecule has 0 N–H and O–H groups in total. The van der Waals surface area contributed by atoms with Crippen LogP contribution in [0.2, 0.25) is 0 Å². The Morgan fingerprint density at radius 3 is 2.39 bits per heavy atom. The first-order chi connectivity index (χ1) is 13.7. The molecule has 0 saturated carbocycles. The summed E-state index contributed by atoms with van der Waals surface area (Å²) in [5.41, 5.74) is 1.64. The van der Waals surface area contributed by atoms with Gasteiger partial charge >= 0.3 is 0 Å². The van der Waals surface area contributed by atoms with Crippen LogP contribution in [-0.2, 0) is 0 Å². The number of likely N-dealkylation sites (tertiary alicyclic amines) is 1. The van der Waals surface area contributed by atoms with E-state index in [1.54, 1.807) is 32.4 Å². The average molecular weight is 383 g/mol. The molecule has 0 bridgehead atoms. The van der Waals surface area contributed by atoms with Gasteiger partial charge < -0.3 is 23.8 Å². The third-order valence-electron chi connectivity index (χ3n) is 5.27. The van der Waals surface area contributed by atoms with Gasteiger partial charge in [-0.05, 0) is 42.7 Å². The zero-order chi connectivity index (χ0) is 19.5. The van der Waals surface area contributed by atoms with Crippen molar-refractivity contribution in [2.75, 3.05) is 34.0 Å². The lowest BCUT2D eigenvalue weighted by atomic mass is 10.0. The summed E-state index contributed by atoms with van der Waals surface area (Å²) < 4.78 is 22.2. The number of carbonyl (C=O) groups excluding carboxylic acids is 1. The second kappa shape index (κ2) is 8.00. The zero-order valence-corrected chi connectivity index (χ0v) is 16.3. The Kier molecular flexibility index (Phi) is 5.28. The molecule has 148 valence electrons. The van der Waals surface area contributed by atoms with Crippen LogP contribution in [0.25, 0.3) is 0 Å². The molecule has 6 nitrogen and oxygen atoms in total. The molecule has 4 rings (SSSR count). The molecule has 0 aliphatic carbocycles. The Balaban J connectivity index is 1.62. The van der Waals surface area contributed by atoms with Crippen LogP contribution < -0.4 is 18.9 Å². The third kappa shape index (κ3) is 3.59. The minimum atomic E-state index is -0.0215. The van der Waals surface area contributed by atoms with Gasteiger partial charge in [0.05, 0.1) is 33.5 Å². The van der Waals surface area contributed by atoms with Gasteiger partial charge in [0.1, 0.15) is 11.5 Å². The molecule has 0 spiro atoms. The topological polar surface area (TPSA) is 57.2 Å². The summed E-state index contributed by atoms with van der Waals surface area (Å²) in [6, 6.07) is 11.3. The normalized spacial score (nSPS) is 18.5. The van der Waals surface area contributed by atoms with Crippen molar-refractivity contribution in [3.05, 3.63) is 47.5 Å². The summed E-state index contributed by atoms with van der Waals surface area (Å²) in [7, 11) is 3.17. The van der Waals surface area contributed by atoms with Gasteiger partial charge in [-0.2, -0.15) is 0 Å². The number of ether oxygens (including phenoxy) is 4. The highest BCUT2D eigenvalue weighted by atomic mass is 16.5. The predicted octanol–water partition coefficient (Wildman–Crippen LogP) is 3.84. The lowest BCUT2D eigenvalue weighted by molar-refractivity contribution is 0.0734. The molecule has 2 aromatic rings. The van der Waals surface area contributed by atoms with Crippen molar-refractivity contribution in [3.8, 4) is 23.0 Å². The smallest absolute Gasteiger partial charge is 0.254 e. The van der Waals surface area contributed by atoms with Crippen molar-refractivity contribution < 1.29 is 23.7 Å². The van der Waals surface area contributed by atoms with Crippen LogP contribution in [0.3, 0.4) is 0 Å². The van der Waals surface area contributed by atoms with E-state index in [1.165, 1.54) is 0 Å². The molecule has 0 unspecified atom stereocenters. The molecular formula is C22H25NO5. The first kappa shape index (κ1) is 18.5. The summed E-state index contributed by atoms with van der Waals surface area (Å²) >= 11 is 0. The SMILES string of the molecule is COc1cc(OC)cc(C(=O)N2CCC[C@H]2c2ccc3c(c2)OCCCO3)c1. The van der Waals surface area contributed by atoms with Gasteiger partial charge in [0.2, 0.25) is 0 Å². The van der Waals surface area contributed by atoms with Crippen LogP contribution in [0, 0.1) is 0 Å². The van der Waals surface area contributed by atoms with Crippen LogP contribution >= 0.6 is 0 Å². The van der Waals surface area contributed by atoms with Crippen molar-refractivity contribution in [1.29, 1.82) is 0 Å². The Bertz CT molecular complexity index is 844. The van der Waals surface area contributed by atoms with Crippen LogP contribution in [0.5, 0.6) is 23.0 Å². The quantitative estimate of drug-likeness (QED) is 0.803. The second-order valence-electron chi connectivity index (χ2n) is 7.01. The molecule has 2 heterocycles. The van der Waals surface area contributed by atoms with Crippen LogP contribution in [0.1, 0.15) is 41.2 Å². The predicted molar refractivity (Wildman–Crippen MR) is 105 cm³/mol. The number of fused-ring (bicyclic) bond motifs is 1. The van der Waals surface area contributed by atoms with E-state index < -0.39 is 0 Å². The first-order valence-electron chi connectivity index (χ1n) is 9.63. The number of carbonyl (C=O) groups is 1. The maximum atomic E-state index is 13.3. The van der Waals surface area contributed by atoms with Crippen LogP contribution in [0.4, 0.5) is 0 Å². The minimum absolute atomic E-state index is 0.0156. The molecule has 0 aromatic heterocycles. The fourth-order valence-corrected chi connectivity index (χ4v) is 3.84. The lowest BCUT2D eigenvalue weighted by Gasteiger charge is -2.26. The van der Waals surface area contributed by atoms with Gasteiger partial charge in [-0.3, -0.25) is 4.79 Å². The largest absolute Gasteiger partial charge is 0.497 e. The number of rotatable bonds is 4. The summed E-state index contributed by atoms with van der Waals surface area (Å²) in [6.07, 6.45) is 2.76. The Hall–Kier alpha value is -2.89. The van der Waals surface area contributed by atoms with Crippen molar-refractivity contribution in [3.63, 3.8) is 0 Å². The molecule has 1 fully saturated rings. The van der Waals surface area contributed by atoms with Crippen molar-refractivity contribution in [1.82, 2.24) is 4.90 Å².